The summed E-state index contributed by atoms with van der Waals surface area (Å²) >= 11 is 13.5. The minimum absolute atomic E-state index is 0.552. The lowest BCUT2D eigenvalue weighted by Crippen LogP contribution is -2.17. The minimum atomic E-state index is -1.01. The van der Waals surface area contributed by atoms with Crippen molar-refractivity contribution in [3.05, 3.63) is 28.7 Å². The molecule has 0 atom stereocenters. The van der Waals surface area contributed by atoms with Crippen LogP contribution in [-0.2, 0) is 9.59 Å². The Balaban J connectivity index is 2.85. The molecule has 0 heterocycles. The molecule has 1 aromatic carbocycles. The van der Waals surface area contributed by atoms with E-state index >= 15 is 0 Å². The highest BCUT2D eigenvalue weighted by Gasteiger charge is 2.16. The quantitative estimate of drug-likeness (QED) is 0.401. The maximum atomic E-state index is 10.8. The fraction of sp³-hybridized carbons (Fsp3) is 0. The average Bonchev–Trinajstić information content (AvgIpc) is 2.16. The smallest absolute Gasteiger partial charge is 0.277 e. The lowest BCUT2D eigenvalue weighted by molar-refractivity contribution is -0.109. The Morgan fingerprint density at radius 1 is 1.25 bits per heavy atom. The van der Waals surface area contributed by atoms with Crippen molar-refractivity contribution in [2.45, 2.75) is 0 Å². The second-order valence-corrected chi connectivity index (χ2v) is 4.23. The Labute approximate surface area is 110 Å². The Bertz CT molecular complexity index is 447. The van der Waals surface area contributed by atoms with E-state index < -0.39 is 16.2 Å². The molecule has 0 spiro atoms. The van der Waals surface area contributed by atoms with Gasteiger partial charge in [-0.3, -0.25) is 15.0 Å². The van der Waals surface area contributed by atoms with Gasteiger partial charge in [0.1, 0.15) is 0 Å². The molecule has 0 aliphatic carbocycles. The van der Waals surface area contributed by atoms with E-state index in [9.17, 15) is 9.59 Å². The minimum Gasteiger partial charge on any atom is -0.278 e. The number of carbonyl (C=O) groups is 2. The average molecular weight is 324 g/mol. The van der Waals surface area contributed by atoms with Crippen molar-refractivity contribution >= 4 is 61.0 Å². The zero-order valence-corrected chi connectivity index (χ0v) is 10.8. The van der Waals surface area contributed by atoms with Crippen LogP contribution in [0.15, 0.2) is 33.8 Å². The predicted molar refractivity (Wildman–Crippen MR) is 66.9 cm³/mol. The van der Waals surface area contributed by atoms with Crippen LogP contribution < -0.4 is 5.43 Å². The first-order valence-electron chi connectivity index (χ1n) is 3.99. The summed E-state index contributed by atoms with van der Waals surface area (Å²) in [4.78, 5) is 21.5. The van der Waals surface area contributed by atoms with Gasteiger partial charge in [-0.05, 0) is 41.4 Å². The number of halogens is 3. The van der Waals surface area contributed by atoms with Crippen molar-refractivity contribution in [3.8, 4) is 0 Å². The number of benzene rings is 1. The Morgan fingerprint density at radius 3 is 2.38 bits per heavy atom. The highest BCUT2D eigenvalue weighted by atomic mass is 79.9. The maximum Gasteiger partial charge on any atom is 0.277 e. The normalized spacial score (nSPS) is 9.44. The summed E-state index contributed by atoms with van der Waals surface area (Å²) in [6, 6.07) is 6.98. The molecule has 0 aliphatic heterocycles. The van der Waals surface area contributed by atoms with Crippen LogP contribution in [0.5, 0.6) is 0 Å². The van der Waals surface area contributed by atoms with Crippen LogP contribution >= 0.6 is 39.1 Å². The molecule has 16 heavy (non-hydrogen) atoms. The van der Waals surface area contributed by atoms with E-state index in [1.54, 1.807) is 18.2 Å². The van der Waals surface area contributed by atoms with Crippen molar-refractivity contribution in [3.63, 3.8) is 0 Å². The fourth-order valence-electron chi connectivity index (χ4n) is 0.844. The largest absolute Gasteiger partial charge is 0.278 e. The molecule has 0 unspecified atom stereocenters. The molecule has 0 aromatic heterocycles. The van der Waals surface area contributed by atoms with Crippen LogP contribution in [0.4, 0.5) is 5.69 Å². The molecule has 1 N–H and O–H groups in total. The molecule has 0 amide bonds. The third-order valence-corrected chi connectivity index (χ3v) is 2.35. The van der Waals surface area contributed by atoms with Crippen molar-refractivity contribution < 1.29 is 9.59 Å². The SMILES string of the molecule is O=C(Cl)C(=NNc1cccc(Br)c1)C(=O)Cl. The molecule has 0 saturated carbocycles. The summed E-state index contributed by atoms with van der Waals surface area (Å²) in [5, 5.41) is 1.49. The molecular formula is C9H5BrCl2N2O2. The van der Waals surface area contributed by atoms with E-state index in [0.29, 0.717) is 5.69 Å². The predicted octanol–water partition coefficient (Wildman–Crippen LogP) is 2.75. The van der Waals surface area contributed by atoms with Crippen molar-refractivity contribution in [1.82, 2.24) is 0 Å². The van der Waals surface area contributed by atoms with Crippen LogP contribution in [-0.4, -0.2) is 16.2 Å². The van der Waals surface area contributed by atoms with Gasteiger partial charge in [0.25, 0.3) is 10.5 Å². The van der Waals surface area contributed by atoms with E-state index in [1.807, 2.05) is 6.07 Å². The van der Waals surface area contributed by atoms with Gasteiger partial charge < -0.3 is 0 Å². The van der Waals surface area contributed by atoms with Crippen LogP contribution in [0, 0.1) is 0 Å². The number of anilines is 1. The fourth-order valence-corrected chi connectivity index (χ4v) is 1.55. The first-order chi connectivity index (χ1) is 7.50. The van der Waals surface area contributed by atoms with Gasteiger partial charge in [0, 0.05) is 4.47 Å². The Kier molecular flexibility index (Phi) is 4.92. The van der Waals surface area contributed by atoms with Crippen molar-refractivity contribution in [2.24, 2.45) is 5.10 Å². The van der Waals surface area contributed by atoms with Gasteiger partial charge in [0.2, 0.25) is 5.71 Å². The summed E-state index contributed by atoms with van der Waals surface area (Å²) in [6.07, 6.45) is 0. The van der Waals surface area contributed by atoms with E-state index in [0.717, 1.165) is 4.47 Å². The summed E-state index contributed by atoms with van der Waals surface area (Å²) in [6.45, 7) is 0. The molecule has 0 saturated heterocycles. The topological polar surface area (TPSA) is 58.5 Å². The number of nitrogens with one attached hydrogen (secondary N) is 1. The number of hydrogen-bond donors (Lipinski definition) is 1. The summed E-state index contributed by atoms with van der Waals surface area (Å²) in [5.41, 5.74) is 2.53. The molecule has 0 aliphatic rings. The maximum absolute atomic E-state index is 10.8. The summed E-state index contributed by atoms with van der Waals surface area (Å²) in [7, 11) is 0. The monoisotopic (exact) mass is 322 g/mol. The van der Waals surface area contributed by atoms with Gasteiger partial charge in [0.15, 0.2) is 0 Å². The van der Waals surface area contributed by atoms with Crippen molar-refractivity contribution in [1.29, 1.82) is 0 Å². The summed E-state index contributed by atoms with van der Waals surface area (Å²) in [5.74, 6) is 0. The number of hydrazone groups is 1. The van der Waals surface area contributed by atoms with Crippen molar-refractivity contribution in [2.75, 3.05) is 5.43 Å². The lowest BCUT2D eigenvalue weighted by Gasteiger charge is -2.01. The van der Waals surface area contributed by atoms with Crippen LogP contribution in [0.1, 0.15) is 0 Å². The van der Waals surface area contributed by atoms with Gasteiger partial charge >= 0.3 is 0 Å². The molecule has 0 bridgehead atoms. The van der Waals surface area contributed by atoms with Gasteiger partial charge in [-0.25, -0.2) is 0 Å². The zero-order chi connectivity index (χ0) is 12.1. The van der Waals surface area contributed by atoms with Gasteiger partial charge in [-0.15, -0.1) is 0 Å². The first kappa shape index (κ1) is 13.2. The van der Waals surface area contributed by atoms with Crippen LogP contribution in [0.2, 0.25) is 0 Å². The number of nitrogens with zero attached hydrogens (tertiary/aromatic N) is 1. The van der Waals surface area contributed by atoms with E-state index in [4.69, 9.17) is 23.2 Å². The van der Waals surface area contributed by atoms with Gasteiger partial charge in [-0.1, -0.05) is 22.0 Å². The van der Waals surface area contributed by atoms with Gasteiger partial charge in [-0.2, -0.15) is 5.10 Å². The molecule has 1 rings (SSSR count). The van der Waals surface area contributed by atoms with Crippen LogP contribution in [0.25, 0.3) is 0 Å². The number of carbonyl (C=O) groups excluding carboxylic acids is 2. The molecule has 84 valence electrons. The van der Waals surface area contributed by atoms with Crippen LogP contribution in [0.3, 0.4) is 0 Å². The Hall–Kier alpha value is -0.910. The second kappa shape index (κ2) is 5.98. The van der Waals surface area contributed by atoms with Gasteiger partial charge in [0.05, 0.1) is 5.69 Å². The number of hydrogen-bond acceptors (Lipinski definition) is 4. The molecule has 1 aromatic rings. The lowest BCUT2D eigenvalue weighted by atomic mass is 10.3. The molecule has 0 fully saturated rings. The number of rotatable bonds is 4. The first-order valence-corrected chi connectivity index (χ1v) is 5.54. The van der Waals surface area contributed by atoms with E-state index in [-0.39, 0.29) is 0 Å². The standard InChI is InChI=1S/C9H5BrCl2N2O2/c10-5-2-1-3-6(4-5)13-14-7(8(11)15)9(12)16/h1-4,13H. The molecule has 7 heteroatoms. The summed E-state index contributed by atoms with van der Waals surface area (Å²) < 4.78 is 0.823. The molecule has 4 nitrogen and oxygen atoms in total. The highest BCUT2D eigenvalue weighted by Crippen LogP contribution is 2.15. The molecule has 0 radical (unpaired) electrons. The third kappa shape index (κ3) is 3.92. The van der Waals surface area contributed by atoms with E-state index in [2.05, 4.69) is 26.5 Å². The highest BCUT2D eigenvalue weighted by molar-refractivity contribution is 9.10. The molecular weight excluding hydrogens is 319 g/mol. The third-order valence-electron chi connectivity index (χ3n) is 1.49. The van der Waals surface area contributed by atoms with E-state index in [1.165, 1.54) is 0 Å². The Morgan fingerprint density at radius 2 is 1.88 bits per heavy atom. The second-order valence-electron chi connectivity index (χ2n) is 2.63. The zero-order valence-electron chi connectivity index (χ0n) is 7.71.